The number of hydrogen-bond donors (Lipinski definition) is 0. The Balaban J connectivity index is 1.47. The predicted octanol–water partition coefficient (Wildman–Crippen LogP) is 6.32. The molecule has 0 radical (unpaired) electrons. The van der Waals surface area contributed by atoms with Crippen LogP contribution in [0.5, 0.6) is 5.75 Å². The van der Waals surface area contributed by atoms with Gasteiger partial charge in [-0.05, 0) is 105 Å². The van der Waals surface area contributed by atoms with Gasteiger partial charge < -0.3 is 9.47 Å². The molecule has 1 aliphatic carbocycles. The van der Waals surface area contributed by atoms with Crippen LogP contribution in [0.25, 0.3) is 0 Å². The standard InChI is InChI=1S/C28H25F2O3S/c1-2-17-28(18-3-4-19-28)33-27(31)20-32-23-9-15-26(16-10-23)34(24-11-5-21(29)6-12-24)25-13-7-22(30)8-14-25/h5-16H,3-4,18-20H2,1H3/q+1. The highest BCUT2D eigenvalue weighted by Gasteiger charge is 2.36. The van der Waals surface area contributed by atoms with Crippen LogP contribution in [0.2, 0.25) is 0 Å². The van der Waals surface area contributed by atoms with Crippen molar-refractivity contribution in [2.24, 2.45) is 0 Å². The second-order valence-corrected chi connectivity index (χ2v) is 10.1. The molecule has 1 aliphatic rings. The quantitative estimate of drug-likeness (QED) is 0.226. The molecule has 3 aromatic carbocycles. The molecule has 4 rings (SSSR count). The minimum atomic E-state index is -0.683. The number of carbonyl (C=O) groups excluding carboxylic acids is 1. The molecule has 34 heavy (non-hydrogen) atoms. The van der Waals surface area contributed by atoms with E-state index in [0.717, 1.165) is 40.4 Å². The molecule has 174 valence electrons. The molecule has 0 spiro atoms. The Morgan fingerprint density at radius 2 is 1.32 bits per heavy atom. The molecule has 3 nitrogen and oxygen atoms in total. The number of benzene rings is 3. The number of ether oxygens (including phenoxy) is 2. The van der Waals surface area contributed by atoms with Crippen molar-refractivity contribution in [3.8, 4) is 17.6 Å². The van der Waals surface area contributed by atoms with Gasteiger partial charge in [-0.25, -0.2) is 13.6 Å². The minimum absolute atomic E-state index is 0.200. The van der Waals surface area contributed by atoms with Crippen LogP contribution in [0, 0.1) is 23.5 Å². The first-order valence-corrected chi connectivity index (χ1v) is 12.3. The van der Waals surface area contributed by atoms with Gasteiger partial charge in [-0.1, -0.05) is 5.92 Å². The van der Waals surface area contributed by atoms with Crippen LogP contribution >= 0.6 is 0 Å². The number of halogens is 2. The molecule has 0 saturated heterocycles. The zero-order valence-electron chi connectivity index (χ0n) is 18.9. The first-order chi connectivity index (χ1) is 16.5. The summed E-state index contributed by atoms with van der Waals surface area (Å²) in [6.07, 6.45) is 3.50. The lowest BCUT2D eigenvalue weighted by Crippen LogP contribution is -2.32. The van der Waals surface area contributed by atoms with E-state index < -0.39 is 22.5 Å². The zero-order chi connectivity index (χ0) is 24.0. The van der Waals surface area contributed by atoms with Crippen LogP contribution in [0.1, 0.15) is 32.6 Å². The molecule has 0 unspecified atom stereocenters. The molecule has 6 heteroatoms. The van der Waals surface area contributed by atoms with Gasteiger partial charge in [0.25, 0.3) is 0 Å². The molecule has 0 bridgehead atoms. The fourth-order valence-corrected chi connectivity index (χ4v) is 6.08. The second kappa shape index (κ2) is 10.8. The highest BCUT2D eigenvalue weighted by atomic mass is 32.2. The Bertz CT molecular complexity index is 1130. The molecule has 0 amide bonds. The zero-order valence-corrected chi connectivity index (χ0v) is 19.7. The van der Waals surface area contributed by atoms with E-state index in [1.54, 1.807) is 43.3 Å². The highest BCUT2D eigenvalue weighted by molar-refractivity contribution is 7.97. The third-order valence-electron chi connectivity index (χ3n) is 5.59. The Morgan fingerprint density at radius 3 is 1.79 bits per heavy atom. The van der Waals surface area contributed by atoms with Crippen LogP contribution in [0.3, 0.4) is 0 Å². The number of hydrogen-bond acceptors (Lipinski definition) is 3. The molecule has 0 heterocycles. The monoisotopic (exact) mass is 479 g/mol. The lowest BCUT2D eigenvalue weighted by molar-refractivity contribution is -0.156. The first-order valence-electron chi connectivity index (χ1n) is 11.1. The van der Waals surface area contributed by atoms with Crippen LogP contribution in [0.15, 0.2) is 87.5 Å². The number of rotatable bonds is 7. The van der Waals surface area contributed by atoms with Gasteiger partial charge in [0, 0.05) is 0 Å². The van der Waals surface area contributed by atoms with E-state index in [0.29, 0.717) is 5.75 Å². The van der Waals surface area contributed by atoms with E-state index in [2.05, 4.69) is 11.8 Å². The maximum atomic E-state index is 13.5. The summed E-state index contributed by atoms with van der Waals surface area (Å²) >= 11 is 0. The van der Waals surface area contributed by atoms with Gasteiger partial charge in [0.2, 0.25) is 0 Å². The van der Waals surface area contributed by atoms with Gasteiger partial charge in [0.1, 0.15) is 17.4 Å². The predicted molar refractivity (Wildman–Crippen MR) is 128 cm³/mol. The van der Waals surface area contributed by atoms with Crippen molar-refractivity contribution in [1.29, 1.82) is 0 Å². The van der Waals surface area contributed by atoms with Crippen molar-refractivity contribution < 1.29 is 23.0 Å². The van der Waals surface area contributed by atoms with Gasteiger partial charge in [0.05, 0.1) is 10.9 Å². The Morgan fingerprint density at radius 1 is 0.853 bits per heavy atom. The third kappa shape index (κ3) is 5.78. The van der Waals surface area contributed by atoms with E-state index in [1.807, 2.05) is 12.1 Å². The van der Waals surface area contributed by atoms with Crippen molar-refractivity contribution in [3.05, 3.63) is 84.4 Å². The third-order valence-corrected chi connectivity index (χ3v) is 7.82. The van der Waals surface area contributed by atoms with Crippen molar-refractivity contribution in [1.82, 2.24) is 0 Å². The SMILES string of the molecule is CC#CC1(OC(=O)COc2ccc([S+](c3ccc(F)cc3)c3ccc(F)cc3)cc2)CCCC1. The largest absolute Gasteiger partial charge is 0.482 e. The molecule has 0 atom stereocenters. The molecule has 0 aliphatic heterocycles. The molecular formula is C28H25F2O3S+. The lowest BCUT2D eigenvalue weighted by atomic mass is 10.0. The van der Waals surface area contributed by atoms with Crippen LogP contribution < -0.4 is 4.74 Å². The minimum Gasteiger partial charge on any atom is -0.482 e. The summed E-state index contributed by atoms with van der Waals surface area (Å²) in [5.74, 6) is 5.39. The van der Waals surface area contributed by atoms with Crippen molar-refractivity contribution in [2.75, 3.05) is 6.61 Å². The van der Waals surface area contributed by atoms with Gasteiger partial charge in [0.15, 0.2) is 26.9 Å². The molecule has 1 saturated carbocycles. The van der Waals surface area contributed by atoms with Gasteiger partial charge >= 0.3 is 5.97 Å². The summed E-state index contributed by atoms with van der Waals surface area (Å²) in [5, 5.41) is 0. The van der Waals surface area contributed by atoms with E-state index in [4.69, 9.17) is 9.47 Å². The summed E-state index contributed by atoms with van der Waals surface area (Å²) < 4.78 is 38.3. The second-order valence-electron chi connectivity index (χ2n) is 8.02. The average Bonchev–Trinajstić information content (AvgIpc) is 3.29. The van der Waals surface area contributed by atoms with Crippen LogP contribution in [0.4, 0.5) is 8.78 Å². The summed E-state index contributed by atoms with van der Waals surface area (Å²) in [6.45, 7) is 1.55. The van der Waals surface area contributed by atoms with Crippen LogP contribution in [-0.2, 0) is 20.4 Å². The molecule has 3 aromatic rings. The number of carbonyl (C=O) groups is 1. The normalized spacial score (nSPS) is 14.4. The van der Waals surface area contributed by atoms with E-state index in [9.17, 15) is 13.6 Å². The van der Waals surface area contributed by atoms with Gasteiger partial charge in [-0.15, -0.1) is 5.92 Å². The van der Waals surface area contributed by atoms with Gasteiger partial charge in [-0.2, -0.15) is 0 Å². The summed E-state index contributed by atoms with van der Waals surface area (Å²) in [5.41, 5.74) is -0.683. The first kappa shape index (κ1) is 23.8. The van der Waals surface area contributed by atoms with Crippen LogP contribution in [-0.4, -0.2) is 18.2 Å². The molecule has 0 N–H and O–H groups in total. The summed E-state index contributed by atoms with van der Waals surface area (Å²) in [6, 6.07) is 20.0. The van der Waals surface area contributed by atoms with Crippen molar-refractivity contribution in [2.45, 2.75) is 52.9 Å². The maximum absolute atomic E-state index is 13.5. The van der Waals surface area contributed by atoms with Gasteiger partial charge in [-0.3, -0.25) is 0 Å². The van der Waals surface area contributed by atoms with E-state index in [-0.39, 0.29) is 18.2 Å². The average molecular weight is 480 g/mol. The maximum Gasteiger partial charge on any atom is 0.345 e. The highest BCUT2D eigenvalue weighted by Crippen LogP contribution is 2.34. The molecule has 0 aromatic heterocycles. The Kier molecular flexibility index (Phi) is 7.54. The topological polar surface area (TPSA) is 35.5 Å². The Hall–Kier alpha value is -3.30. The smallest absolute Gasteiger partial charge is 0.345 e. The van der Waals surface area contributed by atoms with E-state index >= 15 is 0 Å². The van der Waals surface area contributed by atoms with Crippen molar-refractivity contribution in [3.63, 3.8) is 0 Å². The fourth-order valence-electron chi connectivity index (χ4n) is 4.04. The number of esters is 1. The lowest BCUT2D eigenvalue weighted by Gasteiger charge is -2.23. The Labute approximate surface area is 201 Å². The summed E-state index contributed by atoms with van der Waals surface area (Å²) in [7, 11) is -0.559. The molecular weight excluding hydrogens is 454 g/mol. The van der Waals surface area contributed by atoms with E-state index in [1.165, 1.54) is 24.3 Å². The molecule has 1 fully saturated rings. The summed E-state index contributed by atoms with van der Waals surface area (Å²) in [4.78, 5) is 15.1. The van der Waals surface area contributed by atoms with Crippen molar-refractivity contribution >= 4 is 16.9 Å². The fraction of sp³-hybridized carbons (Fsp3) is 0.250.